The number of rotatable bonds is 7. The van der Waals surface area contributed by atoms with E-state index in [2.05, 4.69) is 15.9 Å². The molecule has 160 valence electrons. The molecule has 1 fully saturated rings. The number of morpholine rings is 1. The van der Waals surface area contributed by atoms with Gasteiger partial charge in [0, 0.05) is 18.7 Å². The van der Waals surface area contributed by atoms with E-state index in [9.17, 15) is 18.0 Å². The second-order valence-corrected chi connectivity index (χ2v) is 9.18. The number of benzene rings is 2. The van der Waals surface area contributed by atoms with Crippen molar-refractivity contribution in [1.82, 2.24) is 4.31 Å². The Labute approximate surface area is 182 Å². The third kappa shape index (κ3) is 5.07. The van der Waals surface area contributed by atoms with Crippen LogP contribution in [0.1, 0.15) is 20.7 Å². The van der Waals surface area contributed by atoms with Crippen LogP contribution in [0.4, 0.5) is 0 Å². The van der Waals surface area contributed by atoms with Gasteiger partial charge in [0.05, 0.1) is 35.3 Å². The fraction of sp³-hybridized carbons (Fsp3) is 0.300. The van der Waals surface area contributed by atoms with E-state index in [0.29, 0.717) is 29.0 Å². The molecule has 0 radical (unpaired) electrons. The average molecular weight is 498 g/mol. The number of hydrogen-bond donors (Lipinski definition) is 0. The molecule has 0 N–H and O–H groups in total. The first-order chi connectivity index (χ1) is 14.3. The fourth-order valence-corrected chi connectivity index (χ4v) is 4.79. The molecular weight excluding hydrogens is 478 g/mol. The zero-order valence-corrected chi connectivity index (χ0v) is 18.6. The Balaban J connectivity index is 1.62. The molecule has 0 spiro atoms. The van der Waals surface area contributed by atoms with E-state index < -0.39 is 22.6 Å². The van der Waals surface area contributed by atoms with Crippen LogP contribution >= 0.6 is 15.9 Å². The van der Waals surface area contributed by atoms with E-state index in [1.807, 2.05) is 0 Å². The quantitative estimate of drug-likeness (QED) is 0.427. The van der Waals surface area contributed by atoms with Crippen molar-refractivity contribution in [3.63, 3.8) is 0 Å². The number of ketones is 1. The van der Waals surface area contributed by atoms with E-state index in [1.54, 1.807) is 18.2 Å². The minimum absolute atomic E-state index is 0.0834. The van der Waals surface area contributed by atoms with Crippen molar-refractivity contribution in [3.05, 3.63) is 58.1 Å². The second kappa shape index (κ2) is 9.69. The zero-order valence-electron chi connectivity index (χ0n) is 16.2. The van der Waals surface area contributed by atoms with Crippen LogP contribution in [-0.4, -0.2) is 64.5 Å². The van der Waals surface area contributed by atoms with Crippen molar-refractivity contribution in [1.29, 1.82) is 0 Å². The van der Waals surface area contributed by atoms with Crippen molar-refractivity contribution < 1.29 is 32.2 Å². The van der Waals surface area contributed by atoms with Crippen LogP contribution in [0.5, 0.6) is 5.75 Å². The summed E-state index contributed by atoms with van der Waals surface area (Å²) in [5.74, 6) is -0.514. The van der Waals surface area contributed by atoms with Gasteiger partial charge in [-0.05, 0) is 58.4 Å². The smallest absolute Gasteiger partial charge is 0.338 e. The van der Waals surface area contributed by atoms with Gasteiger partial charge in [0.2, 0.25) is 10.0 Å². The number of Topliss-reactive ketones (excluding diaryl/α,β-unsaturated/α-hetero) is 1. The summed E-state index contributed by atoms with van der Waals surface area (Å²) in [5.41, 5.74) is 0.516. The van der Waals surface area contributed by atoms with Gasteiger partial charge < -0.3 is 14.2 Å². The molecule has 30 heavy (non-hydrogen) atoms. The fourth-order valence-electron chi connectivity index (χ4n) is 2.84. The number of halogens is 1. The zero-order chi connectivity index (χ0) is 21.7. The second-order valence-electron chi connectivity index (χ2n) is 6.39. The highest BCUT2D eigenvalue weighted by atomic mass is 79.9. The predicted octanol–water partition coefficient (Wildman–Crippen LogP) is 2.52. The molecule has 1 aliphatic rings. The van der Waals surface area contributed by atoms with Gasteiger partial charge in [-0.25, -0.2) is 13.2 Å². The van der Waals surface area contributed by atoms with E-state index >= 15 is 0 Å². The topological polar surface area (TPSA) is 99.2 Å². The molecule has 10 heteroatoms. The summed E-state index contributed by atoms with van der Waals surface area (Å²) < 4.78 is 42.5. The van der Waals surface area contributed by atoms with Gasteiger partial charge in [-0.2, -0.15) is 4.31 Å². The van der Waals surface area contributed by atoms with E-state index in [4.69, 9.17) is 14.2 Å². The van der Waals surface area contributed by atoms with Crippen LogP contribution in [0.25, 0.3) is 0 Å². The molecule has 2 aromatic carbocycles. The molecule has 1 saturated heterocycles. The Kier molecular flexibility index (Phi) is 7.24. The maximum absolute atomic E-state index is 12.6. The number of ether oxygens (including phenoxy) is 3. The Morgan fingerprint density at radius 2 is 1.70 bits per heavy atom. The number of esters is 1. The Morgan fingerprint density at radius 1 is 1.07 bits per heavy atom. The van der Waals surface area contributed by atoms with Gasteiger partial charge in [0.15, 0.2) is 12.4 Å². The first-order valence-corrected chi connectivity index (χ1v) is 11.3. The van der Waals surface area contributed by atoms with Gasteiger partial charge in [-0.1, -0.05) is 0 Å². The van der Waals surface area contributed by atoms with Crippen LogP contribution in [0, 0.1) is 0 Å². The van der Waals surface area contributed by atoms with Crippen molar-refractivity contribution in [2.45, 2.75) is 4.90 Å². The van der Waals surface area contributed by atoms with Crippen LogP contribution in [0.3, 0.4) is 0 Å². The van der Waals surface area contributed by atoms with Crippen molar-refractivity contribution in [3.8, 4) is 5.75 Å². The molecule has 0 saturated carbocycles. The molecule has 0 bridgehead atoms. The lowest BCUT2D eigenvalue weighted by Gasteiger charge is -2.26. The van der Waals surface area contributed by atoms with Gasteiger partial charge in [-0.15, -0.1) is 0 Å². The highest BCUT2D eigenvalue weighted by Gasteiger charge is 2.26. The third-order valence-corrected chi connectivity index (χ3v) is 7.04. The highest BCUT2D eigenvalue weighted by Crippen LogP contribution is 2.25. The lowest BCUT2D eigenvalue weighted by Crippen LogP contribution is -2.40. The molecular formula is C20H20BrNO7S. The number of methoxy groups -OCH3 is 1. The van der Waals surface area contributed by atoms with Gasteiger partial charge in [0.25, 0.3) is 0 Å². The summed E-state index contributed by atoms with van der Waals surface area (Å²) in [7, 11) is -2.13. The van der Waals surface area contributed by atoms with Crippen LogP contribution in [-0.2, 0) is 19.5 Å². The Morgan fingerprint density at radius 3 is 2.30 bits per heavy atom. The average Bonchev–Trinajstić information content (AvgIpc) is 2.77. The summed E-state index contributed by atoms with van der Waals surface area (Å²) in [6.45, 7) is 0.835. The Hall–Kier alpha value is -2.27. The number of carbonyl (C=O) groups is 2. The van der Waals surface area contributed by atoms with Gasteiger partial charge in [0.1, 0.15) is 5.75 Å². The predicted molar refractivity (Wildman–Crippen MR) is 111 cm³/mol. The van der Waals surface area contributed by atoms with E-state index in [1.165, 1.54) is 35.7 Å². The molecule has 1 heterocycles. The Bertz CT molecular complexity index is 1030. The maximum Gasteiger partial charge on any atom is 0.338 e. The van der Waals surface area contributed by atoms with Crippen molar-refractivity contribution in [2.75, 3.05) is 40.0 Å². The molecule has 0 amide bonds. The van der Waals surface area contributed by atoms with E-state index in [-0.39, 0.29) is 29.3 Å². The number of nitrogens with zero attached hydrogens (tertiary/aromatic N) is 1. The summed E-state index contributed by atoms with van der Waals surface area (Å²) in [5, 5.41) is 0. The highest BCUT2D eigenvalue weighted by molar-refractivity contribution is 9.10. The molecule has 0 unspecified atom stereocenters. The van der Waals surface area contributed by atoms with Crippen LogP contribution in [0.15, 0.2) is 51.8 Å². The van der Waals surface area contributed by atoms with E-state index in [0.717, 1.165) is 0 Å². The number of hydrogen-bond acceptors (Lipinski definition) is 7. The molecule has 0 aliphatic carbocycles. The summed E-state index contributed by atoms with van der Waals surface area (Å²) in [6.07, 6.45) is 0. The minimum Gasteiger partial charge on any atom is -0.496 e. The SMILES string of the molecule is COc1ccc(C(=O)COC(=O)c2ccc(S(=O)(=O)N3CCOCC3)cc2)cc1Br. The molecule has 1 aliphatic heterocycles. The molecule has 8 nitrogen and oxygen atoms in total. The summed E-state index contributed by atoms with van der Waals surface area (Å²) >= 11 is 3.30. The van der Waals surface area contributed by atoms with Crippen LogP contribution in [0.2, 0.25) is 0 Å². The number of sulfonamides is 1. The van der Waals surface area contributed by atoms with Crippen molar-refractivity contribution in [2.24, 2.45) is 0 Å². The molecule has 0 aromatic heterocycles. The normalized spacial score (nSPS) is 14.9. The summed E-state index contributed by atoms with van der Waals surface area (Å²) in [4.78, 5) is 24.6. The van der Waals surface area contributed by atoms with Crippen molar-refractivity contribution >= 4 is 37.7 Å². The first kappa shape index (κ1) is 22.4. The first-order valence-electron chi connectivity index (χ1n) is 9.05. The maximum atomic E-state index is 12.6. The van der Waals surface area contributed by atoms with Gasteiger partial charge >= 0.3 is 5.97 Å². The van der Waals surface area contributed by atoms with Crippen LogP contribution < -0.4 is 4.74 Å². The lowest BCUT2D eigenvalue weighted by atomic mass is 10.1. The molecule has 0 atom stereocenters. The minimum atomic E-state index is -3.64. The third-order valence-electron chi connectivity index (χ3n) is 4.51. The number of carbonyl (C=O) groups excluding carboxylic acids is 2. The molecule has 2 aromatic rings. The van der Waals surface area contributed by atoms with Gasteiger partial charge in [-0.3, -0.25) is 4.79 Å². The standard InChI is InChI=1S/C20H20BrNO7S/c1-27-19-7-4-15(12-17(19)21)18(23)13-29-20(24)14-2-5-16(6-3-14)30(25,26)22-8-10-28-11-9-22/h2-7,12H,8-11,13H2,1H3. The lowest BCUT2D eigenvalue weighted by molar-refractivity contribution is 0.0474. The summed E-state index contributed by atoms with van der Waals surface area (Å²) in [6, 6.07) is 10.2. The monoisotopic (exact) mass is 497 g/mol. The molecule has 3 rings (SSSR count). The largest absolute Gasteiger partial charge is 0.496 e.